The van der Waals surface area contributed by atoms with Gasteiger partial charge in [0.1, 0.15) is 5.82 Å². The molecular weight excluding hydrogens is 118 g/mol. The van der Waals surface area contributed by atoms with Crippen LogP contribution in [0.4, 0.5) is 5.82 Å². The van der Waals surface area contributed by atoms with Crippen LogP contribution in [0.15, 0.2) is 6.20 Å². The number of aryl methyl sites for hydroxylation is 1. The number of hydrogen-bond acceptors (Lipinski definition) is 3. The Morgan fingerprint density at radius 2 is 2.44 bits per heavy atom. The van der Waals surface area contributed by atoms with E-state index in [1.165, 1.54) is 0 Å². The fraction of sp³-hybridized carbons (Fsp3) is 0.400. The highest BCUT2D eigenvalue weighted by Gasteiger charge is 1.98. The summed E-state index contributed by atoms with van der Waals surface area (Å²) in [5, 5.41) is 0. The summed E-state index contributed by atoms with van der Waals surface area (Å²) < 4.78 is 6.56. The summed E-state index contributed by atoms with van der Waals surface area (Å²) in [6.45, 7) is 0. The van der Waals surface area contributed by atoms with Crippen LogP contribution in [0.3, 0.4) is 0 Å². The topological polar surface area (TPSA) is 53.1 Å². The fourth-order valence-electron chi connectivity index (χ4n) is 0.661. The molecule has 0 atom stereocenters. The lowest BCUT2D eigenvalue weighted by Crippen LogP contribution is -1.92. The molecule has 1 rings (SSSR count). The number of nitrogens with two attached hydrogens (primary N) is 1. The van der Waals surface area contributed by atoms with Crippen LogP contribution in [0.25, 0.3) is 0 Å². The minimum Gasteiger partial charge on any atom is -0.468 e. The van der Waals surface area contributed by atoms with Crippen molar-refractivity contribution < 1.29 is 4.74 Å². The summed E-state index contributed by atoms with van der Waals surface area (Å²) in [7, 11) is 3.38. The third-order valence-corrected chi connectivity index (χ3v) is 1.03. The first-order chi connectivity index (χ1) is 4.24. The van der Waals surface area contributed by atoms with Crippen LogP contribution >= 0.6 is 0 Å². The molecule has 0 radical (unpaired) electrons. The van der Waals surface area contributed by atoms with E-state index in [1.807, 2.05) is 7.05 Å². The monoisotopic (exact) mass is 127 g/mol. The zero-order chi connectivity index (χ0) is 6.85. The Balaban J connectivity index is 3.01. The van der Waals surface area contributed by atoms with Crippen LogP contribution in [0.5, 0.6) is 6.01 Å². The summed E-state index contributed by atoms with van der Waals surface area (Å²) in [6, 6.07) is 0.535. The van der Waals surface area contributed by atoms with Gasteiger partial charge in [0.15, 0.2) is 0 Å². The number of anilines is 1. The van der Waals surface area contributed by atoms with Gasteiger partial charge in [-0.05, 0) is 0 Å². The molecule has 4 nitrogen and oxygen atoms in total. The van der Waals surface area contributed by atoms with E-state index in [0.29, 0.717) is 11.8 Å². The third-order valence-electron chi connectivity index (χ3n) is 1.03. The van der Waals surface area contributed by atoms with E-state index in [1.54, 1.807) is 17.9 Å². The number of hydrogen-bond donors (Lipinski definition) is 1. The average molecular weight is 127 g/mol. The van der Waals surface area contributed by atoms with Gasteiger partial charge < -0.3 is 15.0 Å². The number of nitrogen functional groups attached to an aromatic ring is 1. The summed E-state index contributed by atoms with van der Waals surface area (Å²) in [5.74, 6) is 0.481. The van der Waals surface area contributed by atoms with Crippen molar-refractivity contribution in [3.05, 3.63) is 6.20 Å². The predicted octanol–water partition coefficient (Wildman–Crippen LogP) is 0.0109. The third kappa shape index (κ3) is 0.960. The highest BCUT2D eigenvalue weighted by Crippen LogP contribution is 2.08. The van der Waals surface area contributed by atoms with Gasteiger partial charge in [-0.2, -0.15) is 4.98 Å². The SMILES string of the molecule is COc1nc(N)cn1C. The zero-order valence-corrected chi connectivity index (χ0v) is 5.46. The van der Waals surface area contributed by atoms with E-state index >= 15 is 0 Å². The Labute approximate surface area is 53.3 Å². The molecular formula is C5H9N3O. The molecule has 0 spiro atoms. The molecule has 0 aliphatic carbocycles. The number of aromatic nitrogens is 2. The Hall–Kier alpha value is -1.19. The van der Waals surface area contributed by atoms with Gasteiger partial charge in [-0.15, -0.1) is 0 Å². The molecule has 0 aromatic carbocycles. The van der Waals surface area contributed by atoms with Crippen molar-refractivity contribution in [1.29, 1.82) is 0 Å². The maximum atomic E-state index is 5.34. The first-order valence-electron chi connectivity index (χ1n) is 2.57. The number of nitrogens with zero attached hydrogens (tertiary/aromatic N) is 2. The lowest BCUT2D eigenvalue weighted by molar-refractivity contribution is 0.366. The minimum absolute atomic E-state index is 0.481. The predicted molar refractivity (Wildman–Crippen MR) is 34.2 cm³/mol. The van der Waals surface area contributed by atoms with E-state index in [9.17, 15) is 0 Å². The molecule has 0 saturated heterocycles. The van der Waals surface area contributed by atoms with Gasteiger partial charge in [0.2, 0.25) is 0 Å². The van der Waals surface area contributed by atoms with Gasteiger partial charge in [-0.3, -0.25) is 0 Å². The van der Waals surface area contributed by atoms with Crippen molar-refractivity contribution in [3.63, 3.8) is 0 Å². The smallest absolute Gasteiger partial charge is 0.297 e. The Morgan fingerprint density at radius 1 is 1.78 bits per heavy atom. The van der Waals surface area contributed by atoms with Crippen molar-refractivity contribution >= 4 is 5.82 Å². The summed E-state index contributed by atoms with van der Waals surface area (Å²) in [6.07, 6.45) is 1.69. The van der Waals surface area contributed by atoms with Gasteiger partial charge in [0, 0.05) is 7.05 Å². The molecule has 4 heteroatoms. The van der Waals surface area contributed by atoms with Gasteiger partial charge in [-0.25, -0.2) is 0 Å². The first-order valence-corrected chi connectivity index (χ1v) is 2.57. The molecule has 0 saturated carbocycles. The van der Waals surface area contributed by atoms with Crippen LogP contribution in [0, 0.1) is 0 Å². The number of methoxy groups -OCH3 is 1. The first kappa shape index (κ1) is 5.94. The average Bonchev–Trinajstić information content (AvgIpc) is 2.10. The van der Waals surface area contributed by atoms with Crippen molar-refractivity contribution in [3.8, 4) is 6.01 Å². The summed E-state index contributed by atoms with van der Waals surface area (Å²) >= 11 is 0. The molecule has 0 amide bonds. The molecule has 0 aliphatic rings. The molecule has 1 heterocycles. The Bertz CT molecular complexity index is 206. The molecule has 1 aromatic heterocycles. The Morgan fingerprint density at radius 3 is 2.67 bits per heavy atom. The highest BCUT2D eigenvalue weighted by atomic mass is 16.5. The normalized spacial score (nSPS) is 9.56. The van der Waals surface area contributed by atoms with Crippen molar-refractivity contribution in [1.82, 2.24) is 9.55 Å². The second kappa shape index (κ2) is 1.97. The van der Waals surface area contributed by atoms with Crippen LogP contribution < -0.4 is 10.5 Å². The van der Waals surface area contributed by atoms with E-state index in [0.717, 1.165) is 0 Å². The van der Waals surface area contributed by atoms with Crippen LogP contribution in [0.1, 0.15) is 0 Å². The maximum absolute atomic E-state index is 5.34. The molecule has 1 aromatic rings. The molecule has 0 bridgehead atoms. The van der Waals surface area contributed by atoms with E-state index in [4.69, 9.17) is 10.5 Å². The summed E-state index contributed by atoms with van der Waals surface area (Å²) in [4.78, 5) is 3.85. The van der Waals surface area contributed by atoms with Crippen LogP contribution in [0.2, 0.25) is 0 Å². The summed E-state index contributed by atoms with van der Waals surface area (Å²) in [5.41, 5.74) is 5.34. The van der Waals surface area contributed by atoms with Gasteiger partial charge in [-0.1, -0.05) is 0 Å². The van der Waals surface area contributed by atoms with Gasteiger partial charge in [0.25, 0.3) is 6.01 Å². The van der Waals surface area contributed by atoms with E-state index in [2.05, 4.69) is 4.98 Å². The standard InChI is InChI=1S/C5H9N3O/c1-8-3-4(6)7-5(8)9-2/h3H,6H2,1-2H3. The fourth-order valence-corrected chi connectivity index (χ4v) is 0.661. The van der Waals surface area contributed by atoms with Gasteiger partial charge >= 0.3 is 0 Å². The second-order valence-corrected chi connectivity index (χ2v) is 1.76. The lowest BCUT2D eigenvalue weighted by Gasteiger charge is -1.94. The maximum Gasteiger partial charge on any atom is 0.297 e. The van der Waals surface area contributed by atoms with Crippen molar-refractivity contribution in [2.75, 3.05) is 12.8 Å². The minimum atomic E-state index is 0.481. The van der Waals surface area contributed by atoms with Crippen molar-refractivity contribution in [2.24, 2.45) is 7.05 Å². The molecule has 0 fully saturated rings. The van der Waals surface area contributed by atoms with Gasteiger partial charge in [0.05, 0.1) is 13.3 Å². The number of imidazole rings is 1. The lowest BCUT2D eigenvalue weighted by atomic mass is 10.8. The molecule has 0 unspecified atom stereocenters. The van der Waals surface area contributed by atoms with E-state index < -0.39 is 0 Å². The molecule has 9 heavy (non-hydrogen) atoms. The molecule has 2 N–H and O–H groups in total. The van der Waals surface area contributed by atoms with E-state index in [-0.39, 0.29) is 0 Å². The zero-order valence-electron chi connectivity index (χ0n) is 5.46. The number of rotatable bonds is 1. The molecule has 0 aliphatic heterocycles. The van der Waals surface area contributed by atoms with Crippen LogP contribution in [-0.2, 0) is 7.05 Å². The van der Waals surface area contributed by atoms with Crippen molar-refractivity contribution in [2.45, 2.75) is 0 Å². The number of ether oxygens (including phenoxy) is 1. The molecule has 50 valence electrons. The Kier molecular flexibility index (Phi) is 1.30. The van der Waals surface area contributed by atoms with Crippen LogP contribution in [-0.4, -0.2) is 16.7 Å². The largest absolute Gasteiger partial charge is 0.468 e. The second-order valence-electron chi connectivity index (χ2n) is 1.76. The quantitative estimate of drug-likeness (QED) is 0.578. The highest BCUT2D eigenvalue weighted by molar-refractivity contribution is 5.27.